The van der Waals surface area contributed by atoms with Crippen LogP contribution in [0.15, 0.2) is 34.5 Å². The molecule has 0 fully saturated rings. The van der Waals surface area contributed by atoms with Gasteiger partial charge in [-0.15, -0.1) is 11.3 Å². The van der Waals surface area contributed by atoms with Crippen LogP contribution in [0.1, 0.15) is 11.8 Å². The summed E-state index contributed by atoms with van der Waals surface area (Å²) < 4.78 is 39.9. The first kappa shape index (κ1) is 13.8. The lowest BCUT2D eigenvalue weighted by molar-refractivity contribution is 0.603. The second-order valence-corrected chi connectivity index (χ2v) is 6.99. The van der Waals surface area contributed by atoms with E-state index in [-0.39, 0.29) is 15.6 Å². The van der Waals surface area contributed by atoms with Gasteiger partial charge in [-0.3, -0.25) is 4.72 Å². The zero-order valence-corrected chi connectivity index (χ0v) is 11.8. The minimum atomic E-state index is -3.67. The predicted molar refractivity (Wildman–Crippen MR) is 75.3 cm³/mol. The first-order chi connectivity index (χ1) is 8.92. The molecule has 19 heavy (non-hydrogen) atoms. The number of rotatable bonds is 4. The zero-order chi connectivity index (χ0) is 14.0. The highest BCUT2D eigenvalue weighted by atomic mass is 32.2. The van der Waals surface area contributed by atoms with Crippen molar-refractivity contribution < 1.29 is 12.8 Å². The average Bonchev–Trinajstić information content (AvgIpc) is 2.83. The quantitative estimate of drug-likeness (QED) is 0.853. The van der Waals surface area contributed by atoms with Gasteiger partial charge in [0.2, 0.25) is 0 Å². The number of nitrogens with two attached hydrogens (primary N) is 1. The van der Waals surface area contributed by atoms with Crippen LogP contribution in [0.2, 0.25) is 0 Å². The summed E-state index contributed by atoms with van der Waals surface area (Å²) in [5.41, 5.74) is 5.46. The maximum Gasteiger partial charge on any atom is 0.271 e. The summed E-state index contributed by atoms with van der Waals surface area (Å²) in [5, 5.41) is 0. The topological polar surface area (TPSA) is 72.2 Å². The summed E-state index contributed by atoms with van der Waals surface area (Å²) in [4.78, 5) is 0.976. The fraction of sp³-hybridized carbons (Fsp3) is 0.167. The number of benzene rings is 1. The second-order valence-electron chi connectivity index (χ2n) is 3.92. The van der Waals surface area contributed by atoms with E-state index in [0.717, 1.165) is 17.4 Å². The molecule has 0 aliphatic rings. The van der Waals surface area contributed by atoms with E-state index in [9.17, 15) is 12.8 Å². The molecule has 2 rings (SSSR count). The Hall–Kier alpha value is -1.60. The van der Waals surface area contributed by atoms with Gasteiger partial charge in [-0.05, 0) is 30.7 Å². The van der Waals surface area contributed by atoms with Crippen LogP contribution in [0.3, 0.4) is 0 Å². The number of anilines is 2. The Morgan fingerprint density at radius 1 is 1.32 bits per heavy atom. The Labute approximate surface area is 115 Å². The van der Waals surface area contributed by atoms with Crippen molar-refractivity contribution in [3.05, 3.63) is 41.0 Å². The third kappa shape index (κ3) is 3.05. The van der Waals surface area contributed by atoms with E-state index in [1.807, 2.05) is 6.92 Å². The number of thiophene rings is 1. The maximum absolute atomic E-state index is 13.3. The summed E-state index contributed by atoms with van der Waals surface area (Å²) in [7, 11) is -3.67. The molecule has 0 saturated carbocycles. The number of hydrogen-bond acceptors (Lipinski definition) is 4. The summed E-state index contributed by atoms with van der Waals surface area (Å²) in [5.74, 6) is -0.652. The third-order valence-corrected chi connectivity index (χ3v) is 5.61. The highest BCUT2D eigenvalue weighted by Gasteiger charge is 2.17. The fourth-order valence-corrected chi connectivity index (χ4v) is 3.83. The van der Waals surface area contributed by atoms with Crippen LogP contribution in [0.4, 0.5) is 15.8 Å². The van der Waals surface area contributed by atoms with E-state index in [0.29, 0.717) is 0 Å². The van der Waals surface area contributed by atoms with E-state index >= 15 is 0 Å². The van der Waals surface area contributed by atoms with Crippen molar-refractivity contribution in [1.29, 1.82) is 0 Å². The molecule has 3 N–H and O–H groups in total. The van der Waals surface area contributed by atoms with E-state index in [1.165, 1.54) is 23.5 Å². The highest BCUT2D eigenvalue weighted by Crippen LogP contribution is 2.25. The minimum absolute atomic E-state index is 0.0210. The largest absolute Gasteiger partial charge is 0.396 e. The fourth-order valence-electron chi connectivity index (χ4n) is 1.49. The molecule has 7 heteroatoms. The highest BCUT2D eigenvalue weighted by molar-refractivity contribution is 7.94. The first-order valence-electron chi connectivity index (χ1n) is 5.59. The maximum atomic E-state index is 13.3. The van der Waals surface area contributed by atoms with E-state index < -0.39 is 15.8 Å². The number of hydrogen-bond donors (Lipinski definition) is 2. The van der Waals surface area contributed by atoms with E-state index in [2.05, 4.69) is 4.72 Å². The Balaban J connectivity index is 2.28. The van der Waals surface area contributed by atoms with Crippen LogP contribution in [-0.4, -0.2) is 8.42 Å². The average molecular weight is 300 g/mol. The smallest absolute Gasteiger partial charge is 0.271 e. The van der Waals surface area contributed by atoms with Gasteiger partial charge in [0, 0.05) is 10.9 Å². The molecule has 2 aromatic rings. The SMILES string of the molecule is CCc1ccc(S(=O)(=O)Nc2ccc(N)c(F)c2)s1. The van der Waals surface area contributed by atoms with Crippen LogP contribution in [0.5, 0.6) is 0 Å². The molecule has 0 atom stereocenters. The standard InChI is InChI=1S/C12H13FN2O2S2/c1-2-9-4-6-12(18-9)19(16,17)15-8-3-5-11(14)10(13)7-8/h3-7,15H,2,14H2,1H3. The van der Waals surface area contributed by atoms with Gasteiger partial charge in [0.05, 0.1) is 11.4 Å². The van der Waals surface area contributed by atoms with Crippen LogP contribution in [-0.2, 0) is 16.4 Å². The molecule has 0 aliphatic heterocycles. The van der Waals surface area contributed by atoms with Gasteiger partial charge in [0.1, 0.15) is 10.0 Å². The van der Waals surface area contributed by atoms with Crippen molar-refractivity contribution in [2.45, 2.75) is 17.6 Å². The van der Waals surface area contributed by atoms with E-state index in [4.69, 9.17) is 5.73 Å². The van der Waals surface area contributed by atoms with Crippen LogP contribution < -0.4 is 10.5 Å². The van der Waals surface area contributed by atoms with Crippen molar-refractivity contribution in [2.75, 3.05) is 10.5 Å². The number of nitrogens with one attached hydrogen (secondary N) is 1. The van der Waals surface area contributed by atoms with Crippen LogP contribution in [0, 0.1) is 5.82 Å². The molecule has 102 valence electrons. The molecule has 0 spiro atoms. The summed E-state index contributed by atoms with van der Waals surface area (Å²) in [6, 6.07) is 7.10. The Bertz CT molecular complexity index is 696. The van der Waals surface area contributed by atoms with Crippen molar-refractivity contribution in [1.82, 2.24) is 0 Å². The molecule has 1 aromatic heterocycles. The van der Waals surface area contributed by atoms with Gasteiger partial charge in [-0.2, -0.15) is 0 Å². The Kier molecular flexibility index (Phi) is 3.77. The Morgan fingerprint density at radius 2 is 2.05 bits per heavy atom. The molecular formula is C12H13FN2O2S2. The summed E-state index contributed by atoms with van der Waals surface area (Å²) >= 11 is 1.20. The summed E-state index contributed by atoms with van der Waals surface area (Å²) in [6.45, 7) is 1.95. The van der Waals surface area contributed by atoms with Gasteiger partial charge in [0.15, 0.2) is 0 Å². The molecule has 0 bridgehead atoms. The second kappa shape index (κ2) is 5.18. The van der Waals surface area contributed by atoms with Gasteiger partial charge in [-0.1, -0.05) is 6.92 Å². The van der Waals surface area contributed by atoms with Gasteiger partial charge in [0.25, 0.3) is 10.0 Å². The zero-order valence-electron chi connectivity index (χ0n) is 10.2. The van der Waals surface area contributed by atoms with Gasteiger partial charge >= 0.3 is 0 Å². The lowest BCUT2D eigenvalue weighted by Crippen LogP contribution is -2.11. The number of aryl methyl sites for hydroxylation is 1. The van der Waals surface area contributed by atoms with Crippen molar-refractivity contribution in [3.8, 4) is 0 Å². The minimum Gasteiger partial charge on any atom is -0.396 e. The molecule has 1 aromatic carbocycles. The normalized spacial score (nSPS) is 11.5. The van der Waals surface area contributed by atoms with Crippen molar-refractivity contribution >= 4 is 32.7 Å². The number of halogens is 1. The molecule has 0 aliphatic carbocycles. The molecule has 0 unspecified atom stereocenters. The van der Waals surface area contributed by atoms with Crippen molar-refractivity contribution in [2.24, 2.45) is 0 Å². The third-order valence-electron chi connectivity index (χ3n) is 2.50. The number of nitrogen functional groups attached to an aromatic ring is 1. The monoisotopic (exact) mass is 300 g/mol. The van der Waals surface area contributed by atoms with Crippen LogP contribution >= 0.6 is 11.3 Å². The van der Waals surface area contributed by atoms with Gasteiger partial charge < -0.3 is 5.73 Å². The van der Waals surface area contributed by atoms with E-state index in [1.54, 1.807) is 12.1 Å². The first-order valence-corrected chi connectivity index (χ1v) is 7.89. The van der Waals surface area contributed by atoms with Gasteiger partial charge in [-0.25, -0.2) is 12.8 Å². The lowest BCUT2D eigenvalue weighted by Gasteiger charge is -2.07. The number of sulfonamides is 1. The molecule has 1 heterocycles. The molecule has 0 radical (unpaired) electrons. The molecular weight excluding hydrogens is 287 g/mol. The molecule has 4 nitrogen and oxygen atoms in total. The molecule has 0 amide bonds. The lowest BCUT2D eigenvalue weighted by atomic mass is 10.3. The van der Waals surface area contributed by atoms with Crippen LogP contribution in [0.25, 0.3) is 0 Å². The predicted octanol–water partition coefficient (Wildman–Crippen LogP) is 2.83. The van der Waals surface area contributed by atoms with Crippen molar-refractivity contribution in [3.63, 3.8) is 0 Å². The molecule has 0 saturated heterocycles. The Morgan fingerprint density at radius 3 is 2.63 bits per heavy atom. The summed E-state index contributed by atoms with van der Waals surface area (Å²) in [6.07, 6.45) is 0.774.